The molecule has 1 aromatic rings. The van der Waals surface area contributed by atoms with Gasteiger partial charge in [0.05, 0.1) is 0 Å². The molecule has 1 saturated heterocycles. The second-order valence-corrected chi connectivity index (χ2v) is 7.13. The highest BCUT2D eigenvalue weighted by Crippen LogP contribution is 2.09. The predicted octanol–water partition coefficient (Wildman–Crippen LogP) is 1.75. The number of nitrogens with zero attached hydrogens (tertiary/aromatic N) is 1. The summed E-state index contributed by atoms with van der Waals surface area (Å²) in [5.41, 5.74) is 0.589. The van der Waals surface area contributed by atoms with E-state index in [2.05, 4.69) is 17.6 Å². The molecule has 2 rings (SSSR count). The van der Waals surface area contributed by atoms with E-state index in [4.69, 9.17) is 0 Å². The Kier molecular flexibility index (Phi) is 7.59. The van der Waals surface area contributed by atoms with Gasteiger partial charge in [0.1, 0.15) is 6.04 Å². The monoisotopic (exact) mass is 349 g/mol. The zero-order valence-electron chi connectivity index (χ0n) is 14.5. The molecule has 2 N–H and O–H groups in total. The first-order valence-electron chi connectivity index (χ1n) is 8.49. The first-order valence-corrected chi connectivity index (χ1v) is 9.88. The van der Waals surface area contributed by atoms with Crippen molar-refractivity contribution in [2.24, 2.45) is 0 Å². The molecule has 0 aliphatic carbocycles. The molecule has 0 spiro atoms. The Morgan fingerprint density at radius 1 is 1.33 bits per heavy atom. The Hall–Kier alpha value is -1.53. The Labute approximate surface area is 148 Å². The molecule has 2 amide bonds. The SMILES string of the molecule is CSCCC(NC(=O)c1ccccc1)C(=O)N1CCNC(C)CC1. The van der Waals surface area contributed by atoms with Gasteiger partial charge in [0.25, 0.3) is 5.91 Å². The van der Waals surface area contributed by atoms with Crippen molar-refractivity contribution in [2.45, 2.75) is 31.8 Å². The molecule has 0 aromatic heterocycles. The van der Waals surface area contributed by atoms with Crippen molar-refractivity contribution in [3.05, 3.63) is 35.9 Å². The van der Waals surface area contributed by atoms with Crippen LogP contribution in [0.5, 0.6) is 0 Å². The van der Waals surface area contributed by atoms with E-state index in [1.54, 1.807) is 23.9 Å². The molecule has 1 heterocycles. The second-order valence-electron chi connectivity index (χ2n) is 6.14. The lowest BCUT2D eigenvalue weighted by Crippen LogP contribution is -2.49. The van der Waals surface area contributed by atoms with Gasteiger partial charge >= 0.3 is 0 Å². The summed E-state index contributed by atoms with van der Waals surface area (Å²) in [6.07, 6.45) is 3.60. The van der Waals surface area contributed by atoms with Crippen molar-refractivity contribution in [1.29, 1.82) is 0 Å². The van der Waals surface area contributed by atoms with Crippen LogP contribution < -0.4 is 10.6 Å². The molecule has 0 radical (unpaired) electrons. The maximum absolute atomic E-state index is 12.9. The Morgan fingerprint density at radius 2 is 2.08 bits per heavy atom. The summed E-state index contributed by atoms with van der Waals surface area (Å²) in [5.74, 6) is 0.689. The zero-order chi connectivity index (χ0) is 17.4. The molecule has 2 unspecified atom stereocenters. The van der Waals surface area contributed by atoms with Crippen LogP contribution in [0.3, 0.4) is 0 Å². The van der Waals surface area contributed by atoms with Crippen LogP contribution >= 0.6 is 11.8 Å². The van der Waals surface area contributed by atoms with Gasteiger partial charge in [-0.3, -0.25) is 9.59 Å². The molecule has 5 nitrogen and oxygen atoms in total. The molecule has 6 heteroatoms. The van der Waals surface area contributed by atoms with E-state index in [0.717, 1.165) is 25.3 Å². The van der Waals surface area contributed by atoms with Gasteiger partial charge in [0.15, 0.2) is 0 Å². The highest BCUT2D eigenvalue weighted by atomic mass is 32.2. The first-order chi connectivity index (χ1) is 11.6. The molecule has 1 aliphatic rings. The fourth-order valence-electron chi connectivity index (χ4n) is 2.77. The third-order valence-corrected chi connectivity index (χ3v) is 4.91. The minimum absolute atomic E-state index is 0.0317. The van der Waals surface area contributed by atoms with Crippen LogP contribution in [0.15, 0.2) is 30.3 Å². The van der Waals surface area contributed by atoms with Gasteiger partial charge in [-0.25, -0.2) is 0 Å². The van der Waals surface area contributed by atoms with Crippen molar-refractivity contribution in [3.8, 4) is 0 Å². The predicted molar refractivity (Wildman–Crippen MR) is 99.4 cm³/mol. The van der Waals surface area contributed by atoms with Crippen LogP contribution in [0, 0.1) is 0 Å². The maximum Gasteiger partial charge on any atom is 0.251 e. The number of carbonyl (C=O) groups excluding carboxylic acids is 2. The van der Waals surface area contributed by atoms with E-state index in [0.29, 0.717) is 24.6 Å². The van der Waals surface area contributed by atoms with E-state index in [-0.39, 0.29) is 11.8 Å². The van der Waals surface area contributed by atoms with Gasteiger partial charge in [-0.15, -0.1) is 0 Å². The molecule has 1 fully saturated rings. The second kappa shape index (κ2) is 9.69. The van der Waals surface area contributed by atoms with Crippen LogP contribution in [-0.2, 0) is 4.79 Å². The number of carbonyl (C=O) groups is 2. The molecule has 0 bridgehead atoms. The third kappa shape index (κ3) is 5.53. The topological polar surface area (TPSA) is 61.4 Å². The van der Waals surface area contributed by atoms with Crippen molar-refractivity contribution < 1.29 is 9.59 Å². The number of nitrogens with one attached hydrogen (secondary N) is 2. The molecule has 0 saturated carbocycles. The van der Waals surface area contributed by atoms with Gasteiger partial charge in [0, 0.05) is 31.2 Å². The fraction of sp³-hybridized carbons (Fsp3) is 0.556. The molecule has 2 atom stereocenters. The maximum atomic E-state index is 12.9. The lowest BCUT2D eigenvalue weighted by atomic mass is 10.1. The molecule has 1 aromatic carbocycles. The van der Waals surface area contributed by atoms with E-state index in [1.807, 2.05) is 29.4 Å². The highest BCUT2D eigenvalue weighted by Gasteiger charge is 2.27. The van der Waals surface area contributed by atoms with E-state index >= 15 is 0 Å². The van der Waals surface area contributed by atoms with Gasteiger partial charge in [-0.2, -0.15) is 11.8 Å². The van der Waals surface area contributed by atoms with Crippen LogP contribution in [0.1, 0.15) is 30.1 Å². The number of benzene rings is 1. The highest BCUT2D eigenvalue weighted by molar-refractivity contribution is 7.98. The lowest BCUT2D eigenvalue weighted by molar-refractivity contribution is -0.133. The minimum Gasteiger partial charge on any atom is -0.340 e. The molecule has 24 heavy (non-hydrogen) atoms. The van der Waals surface area contributed by atoms with E-state index in [1.165, 1.54) is 0 Å². The molecule has 1 aliphatic heterocycles. The summed E-state index contributed by atoms with van der Waals surface area (Å²) in [5, 5.41) is 6.33. The summed E-state index contributed by atoms with van der Waals surface area (Å²) in [6.45, 7) is 4.37. The van der Waals surface area contributed by atoms with Gasteiger partial charge in [0.2, 0.25) is 5.91 Å². The summed E-state index contributed by atoms with van der Waals surface area (Å²) < 4.78 is 0. The van der Waals surface area contributed by atoms with Gasteiger partial charge < -0.3 is 15.5 Å². The van der Waals surface area contributed by atoms with Crippen LogP contribution in [0.25, 0.3) is 0 Å². The lowest BCUT2D eigenvalue weighted by Gasteiger charge is -2.26. The number of thioether (sulfide) groups is 1. The third-order valence-electron chi connectivity index (χ3n) is 4.27. The summed E-state index contributed by atoms with van der Waals surface area (Å²) >= 11 is 1.69. The first kappa shape index (κ1) is 18.8. The van der Waals surface area contributed by atoms with Crippen LogP contribution in [-0.4, -0.2) is 60.4 Å². The smallest absolute Gasteiger partial charge is 0.251 e. The van der Waals surface area contributed by atoms with Crippen LogP contribution in [0.2, 0.25) is 0 Å². The number of hydrogen-bond donors (Lipinski definition) is 2. The largest absolute Gasteiger partial charge is 0.340 e. The normalized spacial score (nSPS) is 19.4. The number of amides is 2. The summed E-state index contributed by atoms with van der Waals surface area (Å²) in [7, 11) is 0. The fourth-order valence-corrected chi connectivity index (χ4v) is 3.25. The standard InChI is InChI=1S/C18H27N3O2S/c1-14-8-11-21(12-10-19-14)18(23)16(9-13-24-2)20-17(22)15-6-4-3-5-7-15/h3-7,14,16,19H,8-13H2,1-2H3,(H,20,22). The Morgan fingerprint density at radius 3 is 2.79 bits per heavy atom. The minimum atomic E-state index is -0.460. The van der Waals surface area contributed by atoms with Crippen molar-refractivity contribution in [3.63, 3.8) is 0 Å². The number of rotatable bonds is 6. The Balaban J connectivity index is 2.03. The van der Waals surface area contributed by atoms with Crippen molar-refractivity contribution in [2.75, 3.05) is 31.6 Å². The van der Waals surface area contributed by atoms with Gasteiger partial charge in [-0.1, -0.05) is 18.2 Å². The van der Waals surface area contributed by atoms with Crippen molar-refractivity contribution in [1.82, 2.24) is 15.5 Å². The van der Waals surface area contributed by atoms with Crippen LogP contribution in [0.4, 0.5) is 0 Å². The van der Waals surface area contributed by atoms with E-state index in [9.17, 15) is 9.59 Å². The summed E-state index contributed by atoms with van der Waals surface area (Å²) in [4.78, 5) is 27.2. The number of hydrogen-bond acceptors (Lipinski definition) is 4. The zero-order valence-corrected chi connectivity index (χ0v) is 15.3. The Bertz CT molecular complexity index is 538. The summed E-state index contributed by atoms with van der Waals surface area (Å²) in [6, 6.07) is 9.03. The average molecular weight is 350 g/mol. The van der Waals surface area contributed by atoms with E-state index < -0.39 is 6.04 Å². The van der Waals surface area contributed by atoms with Crippen molar-refractivity contribution >= 4 is 23.6 Å². The molecule has 132 valence electrons. The molecular formula is C18H27N3O2S. The molecular weight excluding hydrogens is 322 g/mol. The quantitative estimate of drug-likeness (QED) is 0.821. The average Bonchev–Trinajstić information content (AvgIpc) is 2.83. The van der Waals surface area contributed by atoms with Gasteiger partial charge in [-0.05, 0) is 43.9 Å².